The summed E-state index contributed by atoms with van der Waals surface area (Å²) < 4.78 is 0. The van der Waals surface area contributed by atoms with Crippen molar-refractivity contribution in [3.05, 3.63) is 24.3 Å². The second-order valence-electron chi connectivity index (χ2n) is 6.19. The van der Waals surface area contributed by atoms with E-state index in [4.69, 9.17) is 10.2 Å². The SMILES string of the molecule is O=C(O)C=CC1CCCCC1.O=C(O)C=CC1CCCCC1. The predicted molar refractivity (Wildman–Crippen MR) is 86.7 cm³/mol. The highest BCUT2D eigenvalue weighted by molar-refractivity contribution is 5.80. The van der Waals surface area contributed by atoms with Crippen molar-refractivity contribution in [3.63, 3.8) is 0 Å². The standard InChI is InChI=1S/2C9H14O2/c2*10-9(11)7-6-8-4-2-1-3-5-8/h2*6-8H,1-5H2,(H,10,11). The summed E-state index contributed by atoms with van der Waals surface area (Å²) in [5, 5.41) is 16.7. The average molecular weight is 308 g/mol. The van der Waals surface area contributed by atoms with Crippen LogP contribution in [0.3, 0.4) is 0 Å². The molecule has 0 atom stereocenters. The first kappa shape index (κ1) is 18.5. The Morgan fingerprint density at radius 2 is 0.955 bits per heavy atom. The van der Waals surface area contributed by atoms with Gasteiger partial charge in [0.15, 0.2) is 0 Å². The van der Waals surface area contributed by atoms with Gasteiger partial charge in [0.05, 0.1) is 0 Å². The van der Waals surface area contributed by atoms with Gasteiger partial charge in [-0.1, -0.05) is 50.7 Å². The van der Waals surface area contributed by atoms with E-state index >= 15 is 0 Å². The summed E-state index contributed by atoms with van der Waals surface area (Å²) in [7, 11) is 0. The normalized spacial score (nSPS) is 20.7. The zero-order valence-electron chi connectivity index (χ0n) is 13.2. The number of carboxylic acid groups (broad SMARTS) is 2. The van der Waals surface area contributed by atoms with Crippen LogP contribution in [0, 0.1) is 11.8 Å². The zero-order valence-corrected chi connectivity index (χ0v) is 13.2. The molecule has 124 valence electrons. The van der Waals surface area contributed by atoms with Crippen molar-refractivity contribution >= 4 is 11.9 Å². The van der Waals surface area contributed by atoms with Gasteiger partial charge >= 0.3 is 11.9 Å². The summed E-state index contributed by atoms with van der Waals surface area (Å²) in [4.78, 5) is 20.3. The van der Waals surface area contributed by atoms with Crippen LogP contribution in [0.5, 0.6) is 0 Å². The van der Waals surface area contributed by atoms with E-state index < -0.39 is 11.9 Å². The van der Waals surface area contributed by atoms with Gasteiger partial charge in [0.1, 0.15) is 0 Å². The van der Waals surface area contributed by atoms with Gasteiger partial charge in [-0.2, -0.15) is 0 Å². The minimum Gasteiger partial charge on any atom is -0.478 e. The van der Waals surface area contributed by atoms with E-state index in [2.05, 4.69) is 0 Å². The maximum Gasteiger partial charge on any atom is 0.327 e. The van der Waals surface area contributed by atoms with Crippen LogP contribution in [0.4, 0.5) is 0 Å². The Hall–Kier alpha value is -1.58. The number of carbonyl (C=O) groups is 2. The number of rotatable bonds is 4. The molecule has 4 heteroatoms. The zero-order chi connectivity index (χ0) is 16.2. The van der Waals surface area contributed by atoms with E-state index in [-0.39, 0.29) is 0 Å². The van der Waals surface area contributed by atoms with Crippen molar-refractivity contribution in [1.29, 1.82) is 0 Å². The third kappa shape index (κ3) is 9.37. The van der Waals surface area contributed by atoms with Crippen LogP contribution in [0.15, 0.2) is 24.3 Å². The molecule has 0 aromatic rings. The largest absolute Gasteiger partial charge is 0.478 e. The van der Waals surface area contributed by atoms with Crippen LogP contribution in [-0.4, -0.2) is 22.2 Å². The molecule has 22 heavy (non-hydrogen) atoms. The number of aliphatic carboxylic acids is 2. The monoisotopic (exact) mass is 308 g/mol. The van der Waals surface area contributed by atoms with Gasteiger partial charge in [-0.15, -0.1) is 0 Å². The molecule has 0 heterocycles. The van der Waals surface area contributed by atoms with Gasteiger partial charge in [-0.05, 0) is 37.5 Å². The molecule has 0 radical (unpaired) electrons. The van der Waals surface area contributed by atoms with Gasteiger partial charge in [0.25, 0.3) is 0 Å². The molecule has 0 aliphatic heterocycles. The first-order chi connectivity index (χ1) is 10.6. The van der Waals surface area contributed by atoms with Gasteiger partial charge < -0.3 is 10.2 Å². The molecule has 2 fully saturated rings. The first-order valence-corrected chi connectivity index (χ1v) is 8.40. The Balaban J connectivity index is 0.000000220. The number of hydrogen-bond acceptors (Lipinski definition) is 2. The average Bonchev–Trinajstić information content (AvgIpc) is 2.53. The molecule has 0 amide bonds. The lowest BCUT2D eigenvalue weighted by Crippen LogP contribution is -2.03. The fourth-order valence-electron chi connectivity index (χ4n) is 3.09. The molecule has 2 aliphatic rings. The fourth-order valence-corrected chi connectivity index (χ4v) is 3.09. The minimum atomic E-state index is -0.824. The fraction of sp³-hybridized carbons (Fsp3) is 0.667. The lowest BCUT2D eigenvalue weighted by molar-refractivity contribution is -0.132. The molecule has 4 nitrogen and oxygen atoms in total. The number of carboxylic acids is 2. The minimum absolute atomic E-state index is 0.528. The molecular weight excluding hydrogens is 280 g/mol. The van der Waals surface area contributed by atoms with E-state index in [1.54, 1.807) is 0 Å². The van der Waals surface area contributed by atoms with E-state index in [0.717, 1.165) is 0 Å². The predicted octanol–water partition coefficient (Wildman–Crippen LogP) is 4.42. The van der Waals surface area contributed by atoms with Crippen molar-refractivity contribution < 1.29 is 19.8 Å². The summed E-state index contributed by atoms with van der Waals surface area (Å²) >= 11 is 0. The van der Waals surface area contributed by atoms with Crippen LogP contribution in [0.1, 0.15) is 64.2 Å². The molecule has 2 N–H and O–H groups in total. The highest BCUT2D eigenvalue weighted by atomic mass is 16.4. The Labute approximate surface area is 132 Å². The highest BCUT2D eigenvalue weighted by Crippen LogP contribution is 2.24. The maximum absolute atomic E-state index is 10.2. The van der Waals surface area contributed by atoms with Gasteiger partial charge in [0, 0.05) is 12.2 Å². The summed E-state index contributed by atoms with van der Waals surface area (Å²) in [6.45, 7) is 0. The van der Waals surface area contributed by atoms with Crippen LogP contribution < -0.4 is 0 Å². The quantitative estimate of drug-likeness (QED) is 0.754. The van der Waals surface area contributed by atoms with Gasteiger partial charge in [0.2, 0.25) is 0 Å². The number of allylic oxidation sites excluding steroid dienone is 2. The van der Waals surface area contributed by atoms with Crippen LogP contribution >= 0.6 is 0 Å². The molecule has 2 aliphatic carbocycles. The molecule has 0 spiro atoms. The molecule has 0 bridgehead atoms. The molecular formula is C18H28O4. The summed E-state index contributed by atoms with van der Waals surface area (Å²) in [6.07, 6.45) is 18.6. The van der Waals surface area contributed by atoms with E-state index in [9.17, 15) is 9.59 Å². The van der Waals surface area contributed by atoms with Crippen molar-refractivity contribution in [1.82, 2.24) is 0 Å². The Kier molecular flexibility index (Phi) is 9.28. The molecule has 0 aromatic heterocycles. The van der Waals surface area contributed by atoms with E-state index in [1.807, 2.05) is 12.2 Å². The molecule has 0 aromatic carbocycles. The van der Waals surface area contributed by atoms with Crippen LogP contribution in [0.25, 0.3) is 0 Å². The molecule has 0 saturated heterocycles. The molecule has 2 saturated carbocycles. The summed E-state index contributed by atoms with van der Waals surface area (Å²) in [5.41, 5.74) is 0. The third-order valence-corrected chi connectivity index (χ3v) is 4.32. The van der Waals surface area contributed by atoms with Crippen LogP contribution in [0.2, 0.25) is 0 Å². The van der Waals surface area contributed by atoms with Crippen molar-refractivity contribution in [2.45, 2.75) is 64.2 Å². The smallest absolute Gasteiger partial charge is 0.327 e. The Morgan fingerprint density at radius 1 is 0.636 bits per heavy atom. The van der Waals surface area contributed by atoms with Crippen molar-refractivity contribution in [2.75, 3.05) is 0 Å². The molecule has 2 rings (SSSR count). The van der Waals surface area contributed by atoms with Gasteiger partial charge in [-0.3, -0.25) is 0 Å². The third-order valence-electron chi connectivity index (χ3n) is 4.32. The highest BCUT2D eigenvalue weighted by Gasteiger charge is 2.10. The Bertz CT molecular complexity index is 348. The van der Waals surface area contributed by atoms with Crippen molar-refractivity contribution in [3.8, 4) is 0 Å². The topological polar surface area (TPSA) is 74.6 Å². The summed E-state index contributed by atoms with van der Waals surface area (Å²) in [6, 6.07) is 0. The van der Waals surface area contributed by atoms with Crippen molar-refractivity contribution in [2.24, 2.45) is 11.8 Å². The Morgan fingerprint density at radius 3 is 1.23 bits per heavy atom. The van der Waals surface area contributed by atoms with Crippen LogP contribution in [-0.2, 0) is 9.59 Å². The van der Waals surface area contributed by atoms with E-state index in [0.29, 0.717) is 11.8 Å². The lowest BCUT2D eigenvalue weighted by atomic mass is 9.89. The molecule has 0 unspecified atom stereocenters. The lowest BCUT2D eigenvalue weighted by Gasteiger charge is -2.17. The maximum atomic E-state index is 10.2. The van der Waals surface area contributed by atoms with Gasteiger partial charge in [-0.25, -0.2) is 9.59 Å². The summed E-state index contributed by atoms with van der Waals surface area (Å²) in [5.74, 6) is -0.592. The second-order valence-corrected chi connectivity index (χ2v) is 6.19. The second kappa shape index (κ2) is 11.0. The number of hydrogen-bond donors (Lipinski definition) is 2. The first-order valence-electron chi connectivity index (χ1n) is 8.40. The van der Waals surface area contributed by atoms with E-state index in [1.165, 1.54) is 76.4 Å².